The van der Waals surface area contributed by atoms with Gasteiger partial charge in [0.05, 0.1) is 27.8 Å². The van der Waals surface area contributed by atoms with Gasteiger partial charge in [0, 0.05) is 11.6 Å². The Bertz CT molecular complexity index is 763. The molecule has 1 N–H and O–H groups in total. The summed E-state index contributed by atoms with van der Waals surface area (Å²) in [6.07, 6.45) is 0. The van der Waals surface area contributed by atoms with Crippen LogP contribution >= 0.6 is 0 Å². The molecule has 2 aromatic rings. The molecule has 0 aliphatic rings. The van der Waals surface area contributed by atoms with Crippen LogP contribution in [0.1, 0.15) is 21.5 Å². The standard InChI is InChI=1S/C15H11N3O3/c1-10-13(6-3-7-14(10)18(20)21)17-15(19)12-5-2-4-11(8-12)9-16/h2-8H,1H3,(H,17,19). The molecule has 0 saturated heterocycles. The van der Waals surface area contributed by atoms with Crippen molar-refractivity contribution in [1.82, 2.24) is 0 Å². The highest BCUT2D eigenvalue weighted by molar-refractivity contribution is 6.05. The molecule has 0 aromatic heterocycles. The van der Waals surface area contributed by atoms with Crippen LogP contribution in [0.5, 0.6) is 0 Å². The maximum absolute atomic E-state index is 12.1. The third-order valence-electron chi connectivity index (χ3n) is 3.00. The van der Waals surface area contributed by atoms with E-state index >= 15 is 0 Å². The Morgan fingerprint density at radius 3 is 2.67 bits per heavy atom. The van der Waals surface area contributed by atoms with Crippen molar-refractivity contribution < 1.29 is 9.72 Å². The van der Waals surface area contributed by atoms with Crippen LogP contribution in [0.15, 0.2) is 42.5 Å². The van der Waals surface area contributed by atoms with Crippen LogP contribution in [0.25, 0.3) is 0 Å². The van der Waals surface area contributed by atoms with E-state index in [1.54, 1.807) is 31.2 Å². The number of amides is 1. The first kappa shape index (κ1) is 14.2. The van der Waals surface area contributed by atoms with Crippen molar-refractivity contribution in [2.24, 2.45) is 0 Å². The van der Waals surface area contributed by atoms with E-state index in [4.69, 9.17) is 5.26 Å². The maximum Gasteiger partial charge on any atom is 0.274 e. The van der Waals surface area contributed by atoms with Crippen LogP contribution in [0.2, 0.25) is 0 Å². The van der Waals surface area contributed by atoms with Crippen LogP contribution < -0.4 is 5.32 Å². The smallest absolute Gasteiger partial charge is 0.274 e. The highest BCUT2D eigenvalue weighted by Crippen LogP contribution is 2.25. The van der Waals surface area contributed by atoms with E-state index in [2.05, 4.69) is 5.32 Å². The number of nitriles is 1. The van der Waals surface area contributed by atoms with Crippen LogP contribution in [0.4, 0.5) is 11.4 Å². The molecule has 0 unspecified atom stereocenters. The molecule has 0 fully saturated rings. The van der Waals surface area contributed by atoms with Gasteiger partial charge in [-0.3, -0.25) is 14.9 Å². The van der Waals surface area contributed by atoms with Crippen molar-refractivity contribution in [3.05, 3.63) is 69.3 Å². The van der Waals surface area contributed by atoms with E-state index in [9.17, 15) is 14.9 Å². The fourth-order valence-electron chi connectivity index (χ4n) is 1.88. The lowest BCUT2D eigenvalue weighted by Gasteiger charge is -2.08. The van der Waals surface area contributed by atoms with Gasteiger partial charge in [-0.05, 0) is 31.2 Å². The Labute approximate surface area is 120 Å². The molecule has 21 heavy (non-hydrogen) atoms. The molecular weight excluding hydrogens is 270 g/mol. The van der Waals surface area contributed by atoms with Crippen molar-refractivity contribution in [2.75, 3.05) is 5.32 Å². The molecule has 2 rings (SSSR count). The second-order valence-electron chi connectivity index (χ2n) is 4.35. The molecule has 0 spiro atoms. The van der Waals surface area contributed by atoms with Gasteiger partial charge < -0.3 is 5.32 Å². The fourth-order valence-corrected chi connectivity index (χ4v) is 1.88. The summed E-state index contributed by atoms with van der Waals surface area (Å²) in [5.41, 5.74) is 1.39. The summed E-state index contributed by atoms with van der Waals surface area (Å²) in [6.45, 7) is 1.57. The van der Waals surface area contributed by atoms with Gasteiger partial charge in [0.15, 0.2) is 0 Å². The topological polar surface area (TPSA) is 96.0 Å². The van der Waals surface area contributed by atoms with E-state index in [0.717, 1.165) is 0 Å². The third-order valence-corrected chi connectivity index (χ3v) is 3.00. The number of nitrogens with zero attached hydrogens (tertiary/aromatic N) is 2. The van der Waals surface area contributed by atoms with E-state index in [0.29, 0.717) is 22.4 Å². The number of nitro benzene ring substituents is 1. The summed E-state index contributed by atoms with van der Waals surface area (Å²) in [4.78, 5) is 22.5. The Morgan fingerprint density at radius 2 is 2.00 bits per heavy atom. The first-order valence-corrected chi connectivity index (χ1v) is 6.08. The van der Waals surface area contributed by atoms with Gasteiger partial charge in [-0.2, -0.15) is 5.26 Å². The molecule has 6 nitrogen and oxygen atoms in total. The second-order valence-corrected chi connectivity index (χ2v) is 4.35. The van der Waals surface area contributed by atoms with Crippen LogP contribution in [-0.2, 0) is 0 Å². The monoisotopic (exact) mass is 281 g/mol. The Kier molecular flexibility index (Phi) is 3.95. The molecule has 104 valence electrons. The fraction of sp³-hybridized carbons (Fsp3) is 0.0667. The van der Waals surface area contributed by atoms with E-state index in [-0.39, 0.29) is 5.69 Å². The van der Waals surface area contributed by atoms with Crippen molar-refractivity contribution in [1.29, 1.82) is 5.26 Å². The molecular formula is C15H11N3O3. The number of hydrogen-bond acceptors (Lipinski definition) is 4. The summed E-state index contributed by atoms with van der Waals surface area (Å²) >= 11 is 0. The predicted octanol–water partition coefficient (Wildman–Crippen LogP) is 3.03. The minimum absolute atomic E-state index is 0.0569. The van der Waals surface area contributed by atoms with E-state index < -0.39 is 10.8 Å². The lowest BCUT2D eigenvalue weighted by atomic mass is 10.1. The van der Waals surface area contributed by atoms with Crippen molar-refractivity contribution in [2.45, 2.75) is 6.92 Å². The van der Waals surface area contributed by atoms with Crippen molar-refractivity contribution >= 4 is 17.3 Å². The summed E-state index contributed by atoms with van der Waals surface area (Å²) < 4.78 is 0. The molecule has 0 heterocycles. The lowest BCUT2D eigenvalue weighted by Crippen LogP contribution is -2.13. The average Bonchev–Trinajstić information content (AvgIpc) is 2.49. The zero-order valence-corrected chi connectivity index (χ0v) is 11.2. The average molecular weight is 281 g/mol. The number of nitrogens with one attached hydrogen (secondary N) is 1. The summed E-state index contributed by atoms with van der Waals surface area (Å²) in [5, 5.41) is 22.3. The molecule has 0 saturated carbocycles. The number of nitro groups is 1. The van der Waals surface area contributed by atoms with Gasteiger partial charge in [0.2, 0.25) is 0 Å². The van der Waals surface area contributed by atoms with Gasteiger partial charge in [-0.25, -0.2) is 0 Å². The zero-order valence-electron chi connectivity index (χ0n) is 11.2. The number of benzene rings is 2. The normalized spacial score (nSPS) is 9.71. The molecule has 0 atom stereocenters. The Morgan fingerprint density at radius 1 is 1.29 bits per heavy atom. The number of rotatable bonds is 3. The first-order valence-electron chi connectivity index (χ1n) is 6.08. The van der Waals surface area contributed by atoms with Gasteiger partial charge in [-0.15, -0.1) is 0 Å². The summed E-state index contributed by atoms with van der Waals surface area (Å²) in [6, 6.07) is 12.7. The number of carbonyl (C=O) groups excluding carboxylic acids is 1. The molecule has 1 amide bonds. The number of carbonyl (C=O) groups is 1. The molecule has 0 aliphatic heterocycles. The molecule has 6 heteroatoms. The Hall–Kier alpha value is -3.20. The highest BCUT2D eigenvalue weighted by Gasteiger charge is 2.15. The van der Waals surface area contributed by atoms with Crippen LogP contribution in [0.3, 0.4) is 0 Å². The maximum atomic E-state index is 12.1. The largest absolute Gasteiger partial charge is 0.321 e. The summed E-state index contributed by atoms with van der Waals surface area (Å²) in [7, 11) is 0. The summed E-state index contributed by atoms with van der Waals surface area (Å²) in [5.74, 6) is -0.421. The molecule has 0 bridgehead atoms. The minimum atomic E-state index is -0.499. The van der Waals surface area contributed by atoms with Gasteiger partial charge in [0.1, 0.15) is 0 Å². The van der Waals surface area contributed by atoms with Gasteiger partial charge in [-0.1, -0.05) is 12.1 Å². The van der Waals surface area contributed by atoms with E-state index in [1.807, 2.05) is 6.07 Å². The zero-order chi connectivity index (χ0) is 15.4. The van der Waals surface area contributed by atoms with Gasteiger partial charge >= 0.3 is 0 Å². The predicted molar refractivity (Wildman–Crippen MR) is 76.9 cm³/mol. The second kappa shape index (κ2) is 5.84. The number of anilines is 1. The molecule has 0 aliphatic carbocycles. The van der Waals surface area contributed by atoms with Crippen molar-refractivity contribution in [3.8, 4) is 6.07 Å². The van der Waals surface area contributed by atoms with Crippen LogP contribution in [0, 0.1) is 28.4 Å². The van der Waals surface area contributed by atoms with E-state index in [1.165, 1.54) is 18.2 Å². The lowest BCUT2D eigenvalue weighted by molar-refractivity contribution is -0.385. The quantitative estimate of drug-likeness (QED) is 0.690. The SMILES string of the molecule is Cc1c(NC(=O)c2cccc(C#N)c2)cccc1[N+](=O)[O-]. The van der Waals surface area contributed by atoms with Gasteiger partial charge in [0.25, 0.3) is 11.6 Å². The minimum Gasteiger partial charge on any atom is -0.321 e. The highest BCUT2D eigenvalue weighted by atomic mass is 16.6. The Balaban J connectivity index is 2.30. The van der Waals surface area contributed by atoms with Crippen LogP contribution in [-0.4, -0.2) is 10.8 Å². The third kappa shape index (κ3) is 3.04. The van der Waals surface area contributed by atoms with Crippen molar-refractivity contribution in [3.63, 3.8) is 0 Å². The number of hydrogen-bond donors (Lipinski definition) is 1. The molecule has 0 radical (unpaired) electrons. The molecule has 2 aromatic carbocycles. The first-order chi connectivity index (χ1) is 10.0.